The Balaban J connectivity index is 0.000000418. The maximum absolute atomic E-state index is 6.40. The first-order valence-electron chi connectivity index (χ1n) is 9.68. The van der Waals surface area contributed by atoms with Gasteiger partial charge in [-0.15, -0.1) is 0 Å². The molecule has 1 aromatic carbocycles. The van der Waals surface area contributed by atoms with Crippen LogP contribution in [-0.4, -0.2) is 15.5 Å². The zero-order valence-electron chi connectivity index (χ0n) is 16.3. The molecule has 1 atom stereocenters. The molecule has 1 aliphatic heterocycles. The molecule has 0 saturated carbocycles. The van der Waals surface area contributed by atoms with E-state index in [1.54, 1.807) is 0 Å². The second-order valence-corrected chi connectivity index (χ2v) is 108. The van der Waals surface area contributed by atoms with E-state index in [9.17, 15) is 0 Å². The van der Waals surface area contributed by atoms with Crippen LogP contribution in [0.3, 0.4) is 0 Å². The van der Waals surface area contributed by atoms with Crippen molar-refractivity contribution in [1.29, 1.82) is 0 Å². The Morgan fingerprint density at radius 3 is 2.55 bits per heavy atom. The van der Waals surface area contributed by atoms with Gasteiger partial charge < -0.3 is 4.74 Å². The number of ether oxygens (including phenoxy) is 1. The molecule has 1 aliphatic carbocycles. The summed E-state index contributed by atoms with van der Waals surface area (Å²) in [5.74, 6) is 2.02. The topological polar surface area (TPSA) is 26.0 Å². The molecule has 2 aromatic heterocycles. The third-order valence-electron chi connectivity index (χ3n) is 5.09. The summed E-state index contributed by atoms with van der Waals surface area (Å²) < 4.78 is 8.68. The van der Waals surface area contributed by atoms with Gasteiger partial charge in [-0.25, -0.2) is 0 Å². The molecule has 170 valence electrons. The zero-order valence-corrected chi connectivity index (χ0v) is 30.9. The summed E-state index contributed by atoms with van der Waals surface area (Å²) in [5, 5.41) is 2.41. The number of aromatic nitrogens is 2. The summed E-state index contributed by atoms with van der Waals surface area (Å²) in [6.07, 6.45) is 5.25. The van der Waals surface area contributed by atoms with Gasteiger partial charge in [0.1, 0.15) is 18.0 Å². The maximum atomic E-state index is 6.40. The number of thiophene rings is 1. The number of benzene rings is 1. The number of nitrogens with zero attached hydrogens (tertiary/aromatic N) is 2. The third kappa shape index (κ3) is 7.41. The van der Waals surface area contributed by atoms with E-state index in [1.807, 2.05) is 23.1 Å². The number of aryl methyl sites for hydroxylation is 2. The normalized spacial score (nSPS) is 18.0. The molecule has 0 bridgehead atoms. The Bertz CT molecular complexity index is 1050. The number of alkyl halides is 1. The molecule has 11 heteroatoms. The van der Waals surface area contributed by atoms with Crippen LogP contribution in [0, 0.1) is 0 Å². The van der Waals surface area contributed by atoms with Crippen LogP contribution in [0.15, 0.2) is 35.5 Å². The molecule has 0 fully saturated rings. The van der Waals surface area contributed by atoms with E-state index < -0.39 is 2.53 Å². The summed E-state index contributed by atoms with van der Waals surface area (Å²) in [5.41, 5.74) is 2.85. The predicted octanol–water partition coefficient (Wildman–Crippen LogP) is 5.50. The van der Waals surface area contributed by atoms with Crippen LogP contribution in [0.5, 0.6) is 5.88 Å². The van der Waals surface area contributed by atoms with Gasteiger partial charge >= 0.3 is 82.2 Å². The first kappa shape index (κ1) is 26.8. The van der Waals surface area contributed by atoms with Crippen LogP contribution >= 0.6 is 120 Å². The first-order valence-corrected chi connectivity index (χ1v) is 38.1. The van der Waals surface area contributed by atoms with Gasteiger partial charge in [0.25, 0.3) is 5.88 Å². The van der Waals surface area contributed by atoms with Gasteiger partial charge in [-0.05, 0) is 53.6 Å². The number of fused-ring (bicyclic) bond motifs is 5. The van der Waals surface area contributed by atoms with Crippen LogP contribution in [0.2, 0.25) is 0 Å². The van der Waals surface area contributed by atoms with Crippen molar-refractivity contribution in [2.45, 2.75) is 49.2 Å². The Morgan fingerprint density at radius 1 is 1.13 bits per heavy atom. The summed E-state index contributed by atoms with van der Waals surface area (Å²) >= 11 is 16.2. The second-order valence-electron chi connectivity index (χ2n) is 7.19. The van der Waals surface area contributed by atoms with Gasteiger partial charge in [0.2, 0.25) is 4.83 Å². The molecular formula is C20H20I6N2OS2. The van der Waals surface area contributed by atoms with Crippen molar-refractivity contribution in [2.75, 3.05) is 4.43 Å². The van der Waals surface area contributed by atoms with E-state index in [4.69, 9.17) is 9.72 Å². The Hall–Kier alpha value is 2.79. The average molecular weight is 1130 g/mol. The first-order chi connectivity index (χ1) is 14.8. The monoisotopic (exact) mass is 1130 g/mol. The number of thioether (sulfide) groups is 1. The minimum atomic E-state index is -1.06. The predicted molar refractivity (Wildman–Crippen MR) is 172 cm³/mol. The van der Waals surface area contributed by atoms with Gasteiger partial charge in [0.05, 0.1) is 0 Å². The van der Waals surface area contributed by atoms with Gasteiger partial charge in [-0.2, -0.15) is 4.57 Å². The van der Waals surface area contributed by atoms with Crippen molar-refractivity contribution in [1.82, 2.24) is 4.98 Å². The van der Waals surface area contributed by atoms with Crippen molar-refractivity contribution >= 4 is 130 Å². The standard InChI is InChI=1S/C20H20IN2OS2.I5/c21-10-14-11-23-19(24-14)17-15-8-4-5-9-16(15)26-18(17)22-20(23)25-12-13-6-2-1-3-7-13;1-5(2,3)4/h1-3,6-7,14H,4-5,8-12H2;/q+1;-1. The van der Waals surface area contributed by atoms with E-state index in [-0.39, 0.29) is 6.10 Å². The number of halogens is 6. The van der Waals surface area contributed by atoms with E-state index in [0.29, 0.717) is 0 Å². The van der Waals surface area contributed by atoms with Crippen LogP contribution in [0.25, 0.3) is 10.2 Å². The van der Waals surface area contributed by atoms with Crippen molar-refractivity contribution < 1.29 is 11.8 Å². The van der Waals surface area contributed by atoms with E-state index in [2.05, 4.69) is 132 Å². The molecule has 3 nitrogen and oxygen atoms in total. The Morgan fingerprint density at radius 2 is 1.84 bits per heavy atom. The van der Waals surface area contributed by atoms with Crippen molar-refractivity contribution in [3.63, 3.8) is 0 Å². The van der Waals surface area contributed by atoms with Crippen LogP contribution in [0.1, 0.15) is 28.8 Å². The Kier molecular flexibility index (Phi) is 10.7. The van der Waals surface area contributed by atoms with Gasteiger partial charge in [-0.1, -0.05) is 64.3 Å². The fraction of sp³-hybridized carbons (Fsp3) is 0.400. The fourth-order valence-electron chi connectivity index (χ4n) is 3.81. The molecule has 0 spiro atoms. The summed E-state index contributed by atoms with van der Waals surface area (Å²) in [4.78, 5) is 7.81. The molecule has 0 saturated heterocycles. The van der Waals surface area contributed by atoms with E-state index in [1.165, 1.54) is 51.9 Å². The van der Waals surface area contributed by atoms with E-state index in [0.717, 1.165) is 27.8 Å². The quantitative estimate of drug-likeness (QED) is 0.114. The summed E-state index contributed by atoms with van der Waals surface area (Å²) in [7, 11) is 0. The number of rotatable bonds is 4. The molecule has 0 N–H and O–H groups in total. The molecule has 3 heterocycles. The molecule has 0 radical (unpaired) electrons. The van der Waals surface area contributed by atoms with Crippen LogP contribution in [0.4, 0.5) is 0 Å². The molecule has 3 aromatic rings. The molecule has 0 amide bonds. The fourth-order valence-corrected chi connectivity index (χ4v) is 6.54. The van der Waals surface area contributed by atoms with Crippen molar-refractivity contribution in [3.8, 4) is 5.88 Å². The van der Waals surface area contributed by atoms with Gasteiger partial charge in [-0.3, -0.25) is 0 Å². The average Bonchev–Trinajstić information content (AvgIpc) is 3.32. The summed E-state index contributed by atoms with van der Waals surface area (Å²) in [6, 6.07) is 10.6. The third-order valence-corrected chi connectivity index (χ3v) is 8.30. The van der Waals surface area contributed by atoms with Crippen molar-refractivity contribution in [3.05, 3.63) is 46.3 Å². The molecule has 31 heavy (non-hydrogen) atoms. The van der Waals surface area contributed by atoms with Gasteiger partial charge in [0, 0.05) is 15.1 Å². The number of hydrogen-bond donors (Lipinski definition) is 0. The minimum absolute atomic E-state index is 0.262. The zero-order chi connectivity index (χ0) is 22.0. The van der Waals surface area contributed by atoms with E-state index >= 15 is 0 Å². The summed E-state index contributed by atoms with van der Waals surface area (Å²) in [6.45, 7) is 0.920. The Labute approximate surface area is 248 Å². The number of hydrogen-bond acceptors (Lipinski definition) is 4. The van der Waals surface area contributed by atoms with Crippen LogP contribution < -0.4 is 11.8 Å². The SMILES string of the molecule is ICC1C[n+]2c(SCc3ccccc3)nc3sc4c(c3c2O1)CCCC4.I[I-](I)(I)I. The second kappa shape index (κ2) is 12.4. The van der Waals surface area contributed by atoms with Crippen LogP contribution in [-0.2, 0) is 25.1 Å². The molecule has 5 rings (SSSR count). The van der Waals surface area contributed by atoms with Gasteiger partial charge in [0.15, 0.2) is 0 Å². The molecule has 1 unspecified atom stereocenters. The van der Waals surface area contributed by atoms with Crippen molar-refractivity contribution in [2.24, 2.45) is 0 Å². The molecular weight excluding hydrogens is 1110 g/mol. The molecule has 2 aliphatic rings.